The number of rotatable bonds is 7. The Bertz CT molecular complexity index is 794. The highest BCUT2D eigenvalue weighted by atomic mass is 14.3. The summed E-state index contributed by atoms with van der Waals surface area (Å²) in [5.74, 6) is 3.48. The van der Waals surface area contributed by atoms with E-state index in [1.807, 2.05) is 0 Å². The molecule has 2 saturated carbocycles. The van der Waals surface area contributed by atoms with Crippen LogP contribution in [0.2, 0.25) is 0 Å². The van der Waals surface area contributed by atoms with Crippen molar-refractivity contribution in [1.29, 1.82) is 0 Å². The maximum Gasteiger partial charge on any atom is -0.0162 e. The third-order valence-electron chi connectivity index (χ3n) is 8.06. The van der Waals surface area contributed by atoms with Crippen LogP contribution in [0.25, 0.3) is 17.2 Å². The summed E-state index contributed by atoms with van der Waals surface area (Å²) in [6.07, 6.45) is 20.1. The molecule has 2 aromatic carbocycles. The number of allylic oxidation sites excluding steroid dienone is 1. The zero-order valence-corrected chi connectivity index (χ0v) is 19.9. The molecule has 0 amide bonds. The number of benzene rings is 2. The zero-order valence-electron chi connectivity index (χ0n) is 19.9. The average molecular weight is 415 g/mol. The van der Waals surface area contributed by atoms with E-state index < -0.39 is 0 Å². The van der Waals surface area contributed by atoms with Crippen molar-refractivity contribution in [3.63, 3.8) is 0 Å². The van der Waals surface area contributed by atoms with Gasteiger partial charge in [-0.15, -0.1) is 0 Å². The zero-order chi connectivity index (χ0) is 21.5. The van der Waals surface area contributed by atoms with Crippen LogP contribution in [0.3, 0.4) is 0 Å². The molecule has 166 valence electrons. The summed E-state index contributed by atoms with van der Waals surface area (Å²) in [4.78, 5) is 0. The van der Waals surface area contributed by atoms with Crippen molar-refractivity contribution in [2.24, 2.45) is 17.8 Å². The van der Waals surface area contributed by atoms with Crippen LogP contribution >= 0.6 is 0 Å². The van der Waals surface area contributed by atoms with E-state index in [1.165, 1.54) is 87.3 Å². The van der Waals surface area contributed by atoms with Crippen LogP contribution in [-0.2, 0) is 0 Å². The maximum absolute atomic E-state index is 2.45. The monoisotopic (exact) mass is 414 g/mol. The third kappa shape index (κ3) is 6.34. The van der Waals surface area contributed by atoms with Gasteiger partial charge in [0.05, 0.1) is 0 Å². The number of unbranched alkanes of at least 4 members (excludes halogenated alkanes) is 1. The van der Waals surface area contributed by atoms with E-state index in [2.05, 4.69) is 74.5 Å². The van der Waals surface area contributed by atoms with Gasteiger partial charge in [0, 0.05) is 0 Å². The molecule has 0 aliphatic heterocycles. The molecule has 31 heavy (non-hydrogen) atoms. The average Bonchev–Trinajstić information content (AvgIpc) is 2.83. The highest BCUT2D eigenvalue weighted by Gasteiger charge is 2.22. The minimum Gasteiger partial charge on any atom is -0.0808 e. The first-order valence-electron chi connectivity index (χ1n) is 13.1. The predicted octanol–water partition coefficient (Wildman–Crippen LogP) is 9.66. The van der Waals surface area contributed by atoms with E-state index in [1.54, 1.807) is 5.56 Å². The molecule has 0 saturated heterocycles. The Balaban J connectivity index is 1.31. The maximum atomic E-state index is 2.45. The molecule has 0 aromatic heterocycles. The van der Waals surface area contributed by atoms with Gasteiger partial charge in [0.1, 0.15) is 0 Å². The van der Waals surface area contributed by atoms with Crippen molar-refractivity contribution >= 4 is 6.08 Å². The molecule has 2 fully saturated rings. The van der Waals surface area contributed by atoms with Crippen LogP contribution < -0.4 is 0 Å². The third-order valence-corrected chi connectivity index (χ3v) is 8.06. The lowest BCUT2D eigenvalue weighted by atomic mass is 9.77. The van der Waals surface area contributed by atoms with Gasteiger partial charge >= 0.3 is 0 Å². The highest BCUT2D eigenvalue weighted by Crippen LogP contribution is 2.38. The van der Waals surface area contributed by atoms with E-state index >= 15 is 0 Å². The fraction of sp³-hybridized carbons (Fsp3) is 0.548. The topological polar surface area (TPSA) is 0 Å². The van der Waals surface area contributed by atoms with E-state index in [9.17, 15) is 0 Å². The Morgan fingerprint density at radius 3 is 1.97 bits per heavy atom. The summed E-state index contributed by atoms with van der Waals surface area (Å²) in [5.41, 5.74) is 5.56. The van der Waals surface area contributed by atoms with Gasteiger partial charge in [-0.3, -0.25) is 0 Å². The van der Waals surface area contributed by atoms with Gasteiger partial charge in [0.25, 0.3) is 0 Å². The molecule has 4 rings (SSSR count). The second-order valence-corrected chi connectivity index (χ2v) is 10.5. The van der Waals surface area contributed by atoms with Gasteiger partial charge in [-0.05, 0) is 84.5 Å². The molecule has 0 bridgehead atoms. The molecule has 0 spiro atoms. The van der Waals surface area contributed by atoms with E-state index in [-0.39, 0.29) is 0 Å². The molecular weight excluding hydrogens is 372 g/mol. The normalized spacial score (nSPS) is 26.9. The highest BCUT2D eigenvalue weighted by molar-refractivity contribution is 5.66. The molecule has 0 N–H and O–H groups in total. The fourth-order valence-electron chi connectivity index (χ4n) is 5.74. The number of hydrogen-bond donors (Lipinski definition) is 0. The fourth-order valence-corrected chi connectivity index (χ4v) is 5.74. The number of hydrogen-bond acceptors (Lipinski definition) is 0. The van der Waals surface area contributed by atoms with Crippen LogP contribution in [0.5, 0.6) is 0 Å². The molecule has 2 aliphatic carbocycles. The molecule has 0 atom stereocenters. The van der Waals surface area contributed by atoms with Crippen LogP contribution in [0.4, 0.5) is 0 Å². The Kier molecular flexibility index (Phi) is 8.06. The van der Waals surface area contributed by atoms with Gasteiger partial charge in [0.15, 0.2) is 0 Å². The molecule has 0 heterocycles. The summed E-state index contributed by atoms with van der Waals surface area (Å²) >= 11 is 0. The van der Waals surface area contributed by atoms with Crippen molar-refractivity contribution in [3.8, 4) is 11.1 Å². The Labute approximate surface area is 191 Å². The molecular formula is C31H42. The summed E-state index contributed by atoms with van der Waals surface area (Å²) in [5, 5.41) is 0. The van der Waals surface area contributed by atoms with Crippen LogP contribution in [0.1, 0.15) is 102 Å². The Morgan fingerprint density at radius 2 is 1.35 bits per heavy atom. The van der Waals surface area contributed by atoms with Crippen molar-refractivity contribution < 1.29 is 0 Å². The molecule has 0 unspecified atom stereocenters. The molecule has 2 aromatic rings. The SMILES string of the molecule is CCCCC1CCC(c2ccc(-c3ccc(C=CC4CCC(C)CC4)cc3)cc2)CC1. The largest absolute Gasteiger partial charge is 0.0808 e. The predicted molar refractivity (Wildman–Crippen MR) is 136 cm³/mol. The summed E-state index contributed by atoms with van der Waals surface area (Å²) in [7, 11) is 0. The first kappa shape index (κ1) is 22.4. The van der Waals surface area contributed by atoms with Crippen molar-refractivity contribution in [2.75, 3.05) is 0 Å². The summed E-state index contributed by atoms with van der Waals surface area (Å²) in [6.45, 7) is 4.71. The first-order valence-corrected chi connectivity index (χ1v) is 13.1. The van der Waals surface area contributed by atoms with Crippen LogP contribution in [-0.4, -0.2) is 0 Å². The lowest BCUT2D eigenvalue weighted by Gasteiger charge is -2.29. The first-order chi connectivity index (χ1) is 15.2. The molecule has 0 heteroatoms. The van der Waals surface area contributed by atoms with Gasteiger partial charge in [-0.2, -0.15) is 0 Å². The minimum absolute atomic E-state index is 0.780. The second-order valence-electron chi connectivity index (χ2n) is 10.5. The van der Waals surface area contributed by atoms with Gasteiger partial charge in [0.2, 0.25) is 0 Å². The van der Waals surface area contributed by atoms with E-state index in [0.717, 1.165) is 23.7 Å². The molecule has 0 nitrogen and oxygen atoms in total. The quantitative estimate of drug-likeness (QED) is 0.423. The lowest BCUT2D eigenvalue weighted by Crippen LogP contribution is -2.13. The van der Waals surface area contributed by atoms with Crippen LogP contribution in [0, 0.1) is 17.8 Å². The molecule has 0 radical (unpaired) electrons. The Morgan fingerprint density at radius 1 is 0.742 bits per heavy atom. The van der Waals surface area contributed by atoms with Gasteiger partial charge < -0.3 is 0 Å². The van der Waals surface area contributed by atoms with Crippen molar-refractivity contribution in [3.05, 3.63) is 65.7 Å². The van der Waals surface area contributed by atoms with Gasteiger partial charge in [-0.1, -0.05) is 107 Å². The lowest BCUT2D eigenvalue weighted by molar-refractivity contribution is 0.304. The smallest absolute Gasteiger partial charge is 0.0162 e. The summed E-state index contributed by atoms with van der Waals surface area (Å²) < 4.78 is 0. The second kappa shape index (κ2) is 11.2. The van der Waals surface area contributed by atoms with Crippen molar-refractivity contribution in [2.45, 2.75) is 90.4 Å². The van der Waals surface area contributed by atoms with E-state index in [4.69, 9.17) is 0 Å². The minimum atomic E-state index is 0.780. The standard InChI is InChI=1S/C31H42/c1-3-4-5-25-12-16-28(17-13-25)30-20-22-31(23-21-30)29-18-14-27(15-19-29)11-10-26-8-6-24(2)7-9-26/h10-11,14-15,18-26,28H,3-9,12-13,16-17H2,1-2H3. The summed E-state index contributed by atoms with van der Waals surface area (Å²) in [6, 6.07) is 18.6. The Hall–Kier alpha value is -1.82. The van der Waals surface area contributed by atoms with E-state index in [0.29, 0.717) is 0 Å². The van der Waals surface area contributed by atoms with Gasteiger partial charge in [-0.25, -0.2) is 0 Å². The molecule has 2 aliphatic rings. The van der Waals surface area contributed by atoms with Crippen LogP contribution in [0.15, 0.2) is 54.6 Å². The van der Waals surface area contributed by atoms with Crippen molar-refractivity contribution in [1.82, 2.24) is 0 Å².